The average Bonchev–Trinajstić information content (AvgIpc) is 2.67. The molecule has 0 unspecified atom stereocenters. The van der Waals surface area contributed by atoms with E-state index in [0.29, 0.717) is 22.3 Å². The highest BCUT2D eigenvalue weighted by molar-refractivity contribution is 9.10. The summed E-state index contributed by atoms with van der Waals surface area (Å²) in [4.78, 5) is 35.6. The Morgan fingerprint density at radius 2 is 1.80 bits per heavy atom. The maximum atomic E-state index is 13.8. The lowest BCUT2D eigenvalue weighted by Gasteiger charge is -2.28. The Balaban J connectivity index is 1.91. The number of carbonyl (C=O) groups is 3. The summed E-state index contributed by atoms with van der Waals surface area (Å²) in [6.45, 7) is 3.49. The molecule has 0 bridgehead atoms. The lowest BCUT2D eigenvalue weighted by molar-refractivity contribution is -0.117. The number of hydrogen-bond acceptors (Lipinski definition) is 3. The van der Waals surface area contributed by atoms with Crippen molar-refractivity contribution in [1.82, 2.24) is 15.8 Å². The van der Waals surface area contributed by atoms with Gasteiger partial charge in [0.05, 0.1) is 5.69 Å². The van der Waals surface area contributed by atoms with Gasteiger partial charge in [-0.1, -0.05) is 28.1 Å². The molecular formula is C20H21BrF2N4O3. The molecule has 5 amide bonds. The third kappa shape index (κ3) is 7.11. The molecule has 160 valence electrons. The first kappa shape index (κ1) is 23.3. The molecule has 0 aliphatic carbocycles. The predicted octanol–water partition coefficient (Wildman–Crippen LogP) is 4.34. The van der Waals surface area contributed by atoms with Gasteiger partial charge in [-0.2, -0.15) is 5.01 Å². The van der Waals surface area contributed by atoms with Crippen LogP contribution in [0.5, 0.6) is 0 Å². The van der Waals surface area contributed by atoms with E-state index in [2.05, 4.69) is 26.6 Å². The molecule has 7 nitrogen and oxygen atoms in total. The molecule has 2 aromatic carbocycles. The SMILES string of the molecule is CC(C)(CCc1ccc(F)cc1)NC(=O)N(C=O)NC(=O)Nc1ccc(Br)cc1F. The van der Waals surface area contributed by atoms with Crippen LogP contribution in [0.2, 0.25) is 0 Å². The Morgan fingerprint density at radius 1 is 1.13 bits per heavy atom. The van der Waals surface area contributed by atoms with Crippen molar-refractivity contribution in [3.8, 4) is 0 Å². The molecule has 0 aromatic heterocycles. The molecule has 0 atom stereocenters. The highest BCUT2D eigenvalue weighted by Gasteiger charge is 2.25. The molecule has 0 saturated heterocycles. The molecule has 0 heterocycles. The van der Waals surface area contributed by atoms with Crippen molar-refractivity contribution in [1.29, 1.82) is 0 Å². The first-order chi connectivity index (χ1) is 14.1. The van der Waals surface area contributed by atoms with Crippen LogP contribution in [0.15, 0.2) is 46.9 Å². The molecular weight excluding hydrogens is 462 g/mol. The van der Waals surface area contributed by atoms with Crippen LogP contribution >= 0.6 is 15.9 Å². The van der Waals surface area contributed by atoms with Crippen molar-refractivity contribution >= 4 is 40.1 Å². The normalized spacial score (nSPS) is 10.8. The Hall–Kier alpha value is -3.01. The molecule has 2 rings (SSSR count). The van der Waals surface area contributed by atoms with E-state index >= 15 is 0 Å². The number of urea groups is 2. The summed E-state index contributed by atoms with van der Waals surface area (Å²) in [7, 11) is 0. The maximum Gasteiger partial charge on any atom is 0.343 e. The first-order valence-corrected chi connectivity index (χ1v) is 9.73. The number of nitrogens with zero attached hydrogens (tertiary/aromatic N) is 1. The van der Waals surface area contributed by atoms with Gasteiger partial charge in [0.2, 0.25) is 6.41 Å². The van der Waals surface area contributed by atoms with Crippen molar-refractivity contribution in [3.63, 3.8) is 0 Å². The van der Waals surface area contributed by atoms with E-state index < -0.39 is 23.4 Å². The Morgan fingerprint density at radius 3 is 2.40 bits per heavy atom. The molecule has 0 aliphatic heterocycles. The quantitative estimate of drug-likeness (QED) is 0.422. The highest BCUT2D eigenvalue weighted by Crippen LogP contribution is 2.19. The third-order valence-corrected chi connectivity index (χ3v) is 4.62. The van der Waals surface area contributed by atoms with Gasteiger partial charge in [-0.3, -0.25) is 4.79 Å². The van der Waals surface area contributed by atoms with Crippen molar-refractivity contribution in [3.05, 3.63) is 64.1 Å². The van der Waals surface area contributed by atoms with Crippen LogP contribution in [0.1, 0.15) is 25.8 Å². The lowest BCUT2D eigenvalue weighted by Crippen LogP contribution is -2.56. The number of carbonyl (C=O) groups excluding carboxylic acids is 3. The minimum Gasteiger partial charge on any atom is -0.331 e. The van der Waals surface area contributed by atoms with Gasteiger partial charge in [0, 0.05) is 10.0 Å². The molecule has 3 N–H and O–H groups in total. The van der Waals surface area contributed by atoms with Gasteiger partial charge in [0.15, 0.2) is 0 Å². The lowest BCUT2D eigenvalue weighted by atomic mass is 9.95. The second-order valence-corrected chi connectivity index (χ2v) is 8.02. The number of halogens is 3. The monoisotopic (exact) mass is 482 g/mol. The van der Waals surface area contributed by atoms with Gasteiger partial charge < -0.3 is 10.6 Å². The van der Waals surface area contributed by atoms with Gasteiger partial charge in [0.25, 0.3) is 0 Å². The Bertz CT molecular complexity index is 923. The number of benzene rings is 2. The summed E-state index contributed by atoms with van der Waals surface area (Å²) in [5.74, 6) is -1.02. The van der Waals surface area contributed by atoms with Gasteiger partial charge >= 0.3 is 12.1 Å². The minimum atomic E-state index is -0.970. The van der Waals surface area contributed by atoms with Crippen molar-refractivity contribution < 1.29 is 23.2 Å². The van der Waals surface area contributed by atoms with E-state index in [-0.39, 0.29) is 17.9 Å². The molecule has 0 spiro atoms. The van der Waals surface area contributed by atoms with Crippen LogP contribution < -0.4 is 16.1 Å². The largest absolute Gasteiger partial charge is 0.343 e. The van der Waals surface area contributed by atoms with E-state index in [1.165, 1.54) is 24.3 Å². The van der Waals surface area contributed by atoms with E-state index in [0.717, 1.165) is 11.6 Å². The number of aryl methyl sites for hydroxylation is 1. The van der Waals surface area contributed by atoms with E-state index in [1.807, 2.05) is 5.43 Å². The second kappa shape index (κ2) is 10.1. The summed E-state index contributed by atoms with van der Waals surface area (Å²) in [5, 5.41) is 5.27. The number of rotatable bonds is 6. The van der Waals surface area contributed by atoms with Crippen molar-refractivity contribution in [2.45, 2.75) is 32.2 Å². The van der Waals surface area contributed by atoms with Crippen molar-refractivity contribution in [2.75, 3.05) is 5.32 Å². The molecule has 0 aliphatic rings. The fraction of sp³-hybridized carbons (Fsp3) is 0.250. The maximum absolute atomic E-state index is 13.8. The van der Waals surface area contributed by atoms with Crippen LogP contribution in [0.3, 0.4) is 0 Å². The number of hydrogen-bond donors (Lipinski definition) is 3. The summed E-state index contributed by atoms with van der Waals surface area (Å²) in [6, 6.07) is 8.18. The number of nitrogens with one attached hydrogen (secondary N) is 3. The fourth-order valence-electron chi connectivity index (χ4n) is 2.50. The average molecular weight is 483 g/mol. The predicted molar refractivity (Wildman–Crippen MR) is 111 cm³/mol. The van der Waals surface area contributed by atoms with Gasteiger partial charge in [-0.15, -0.1) is 0 Å². The van der Waals surface area contributed by atoms with Crippen LogP contribution in [0.25, 0.3) is 0 Å². The fourth-order valence-corrected chi connectivity index (χ4v) is 2.83. The number of hydrazine groups is 1. The topological polar surface area (TPSA) is 90.5 Å². The highest BCUT2D eigenvalue weighted by atomic mass is 79.9. The van der Waals surface area contributed by atoms with Crippen LogP contribution in [-0.2, 0) is 11.2 Å². The van der Waals surface area contributed by atoms with Crippen molar-refractivity contribution in [2.24, 2.45) is 0 Å². The molecule has 0 radical (unpaired) electrons. The van der Waals surface area contributed by atoms with E-state index in [9.17, 15) is 23.2 Å². The van der Waals surface area contributed by atoms with Crippen LogP contribution in [0, 0.1) is 11.6 Å². The Kier molecular flexibility index (Phi) is 7.87. The number of anilines is 1. The summed E-state index contributed by atoms with van der Waals surface area (Å²) in [6.07, 6.45) is 1.18. The second-order valence-electron chi connectivity index (χ2n) is 7.11. The van der Waals surface area contributed by atoms with Crippen LogP contribution in [-0.4, -0.2) is 29.0 Å². The number of imide groups is 1. The summed E-state index contributed by atoms with van der Waals surface area (Å²) in [5.41, 5.74) is 2.07. The summed E-state index contributed by atoms with van der Waals surface area (Å²) < 4.78 is 27.3. The number of amides is 5. The van der Waals surface area contributed by atoms with E-state index in [4.69, 9.17) is 0 Å². The first-order valence-electron chi connectivity index (χ1n) is 8.93. The molecule has 0 saturated carbocycles. The van der Waals surface area contributed by atoms with Gasteiger partial charge in [-0.25, -0.2) is 23.8 Å². The molecule has 10 heteroatoms. The summed E-state index contributed by atoms with van der Waals surface area (Å²) >= 11 is 3.10. The van der Waals surface area contributed by atoms with Gasteiger partial charge in [0.1, 0.15) is 11.6 Å². The Labute approximate surface area is 180 Å². The smallest absolute Gasteiger partial charge is 0.331 e. The minimum absolute atomic E-state index is 0.124. The van der Waals surface area contributed by atoms with E-state index in [1.54, 1.807) is 26.0 Å². The van der Waals surface area contributed by atoms with Gasteiger partial charge in [-0.05, 0) is 62.6 Å². The zero-order valence-corrected chi connectivity index (χ0v) is 17.9. The van der Waals surface area contributed by atoms with Crippen LogP contribution in [0.4, 0.5) is 24.1 Å². The molecule has 0 fully saturated rings. The molecule has 2 aromatic rings. The third-order valence-electron chi connectivity index (χ3n) is 4.12. The zero-order valence-electron chi connectivity index (χ0n) is 16.3. The standard InChI is InChI=1S/C20H21BrF2N4O3/c1-20(2,10-9-13-3-6-15(22)7-4-13)25-19(30)27(12-28)26-18(29)24-17-8-5-14(21)11-16(17)23/h3-8,11-12H,9-10H2,1-2H3,(H,25,30)(H2,24,26,29). The zero-order chi connectivity index (χ0) is 22.3. The molecule has 30 heavy (non-hydrogen) atoms.